The lowest BCUT2D eigenvalue weighted by Crippen LogP contribution is -2.23. The van der Waals surface area contributed by atoms with Crippen molar-refractivity contribution in [1.82, 2.24) is 9.55 Å². The third-order valence-electron chi connectivity index (χ3n) is 4.72. The van der Waals surface area contributed by atoms with Gasteiger partial charge in [-0.05, 0) is 48.0 Å². The number of nitrogens with zero attached hydrogens (tertiary/aromatic N) is 3. The van der Waals surface area contributed by atoms with Gasteiger partial charge in [-0.2, -0.15) is 4.99 Å². The molecule has 0 fully saturated rings. The summed E-state index contributed by atoms with van der Waals surface area (Å²) in [5.41, 5.74) is 1.61. The highest BCUT2D eigenvalue weighted by Crippen LogP contribution is 2.27. The van der Waals surface area contributed by atoms with E-state index in [4.69, 9.17) is 9.47 Å². The van der Waals surface area contributed by atoms with Gasteiger partial charge in [0, 0.05) is 7.05 Å². The van der Waals surface area contributed by atoms with Gasteiger partial charge >= 0.3 is 5.24 Å². The number of thioether (sulfide) groups is 1. The Balaban J connectivity index is 1.44. The van der Waals surface area contributed by atoms with Crippen LogP contribution in [0.2, 0.25) is 0 Å². The van der Waals surface area contributed by atoms with Crippen LogP contribution in [-0.4, -0.2) is 33.0 Å². The molecular formula is C21H19N3O4S. The molecule has 1 unspecified atom stereocenters. The third-order valence-corrected chi connectivity index (χ3v) is 5.66. The first-order chi connectivity index (χ1) is 14.0. The van der Waals surface area contributed by atoms with Crippen molar-refractivity contribution in [3.8, 4) is 5.75 Å². The Bertz CT molecular complexity index is 1150. The van der Waals surface area contributed by atoms with Gasteiger partial charge < -0.3 is 9.47 Å². The highest BCUT2D eigenvalue weighted by Gasteiger charge is 2.29. The van der Waals surface area contributed by atoms with Crippen LogP contribution in [0.3, 0.4) is 0 Å². The molecule has 29 heavy (non-hydrogen) atoms. The van der Waals surface area contributed by atoms with Crippen molar-refractivity contribution in [1.29, 1.82) is 0 Å². The minimum absolute atomic E-state index is 0.0937. The van der Waals surface area contributed by atoms with Crippen LogP contribution in [0.1, 0.15) is 11.4 Å². The summed E-state index contributed by atoms with van der Waals surface area (Å²) in [6, 6.07) is 14.9. The summed E-state index contributed by atoms with van der Waals surface area (Å²) in [6.45, 7) is 0.184. The van der Waals surface area contributed by atoms with E-state index < -0.39 is 0 Å². The second kappa shape index (κ2) is 8.08. The van der Waals surface area contributed by atoms with Crippen molar-refractivity contribution < 1.29 is 14.3 Å². The zero-order valence-corrected chi connectivity index (χ0v) is 16.8. The van der Waals surface area contributed by atoms with Crippen molar-refractivity contribution in [2.45, 2.75) is 18.3 Å². The normalized spacial score (nSPS) is 16.1. The summed E-state index contributed by atoms with van der Waals surface area (Å²) < 4.78 is 12.5. The summed E-state index contributed by atoms with van der Waals surface area (Å²) >= 11 is 1.17. The van der Waals surface area contributed by atoms with E-state index in [0.29, 0.717) is 34.8 Å². The maximum absolute atomic E-state index is 12.5. The van der Waals surface area contributed by atoms with Crippen LogP contribution in [0.15, 0.2) is 58.3 Å². The van der Waals surface area contributed by atoms with Crippen LogP contribution in [0, 0.1) is 0 Å². The molecule has 4 rings (SSSR count). The molecule has 0 spiro atoms. The fourth-order valence-electron chi connectivity index (χ4n) is 3.14. The predicted molar refractivity (Wildman–Crippen MR) is 113 cm³/mol. The zero-order valence-electron chi connectivity index (χ0n) is 16.0. The van der Waals surface area contributed by atoms with Gasteiger partial charge in [0.05, 0.1) is 23.3 Å². The molecule has 0 N–H and O–H groups in total. The van der Waals surface area contributed by atoms with Crippen LogP contribution in [0.4, 0.5) is 4.79 Å². The molecule has 0 bridgehead atoms. The number of ether oxygens (including phenoxy) is 2. The molecule has 0 saturated heterocycles. The first-order valence-electron chi connectivity index (χ1n) is 9.04. The summed E-state index contributed by atoms with van der Waals surface area (Å²) in [4.78, 5) is 32.3. The second-order valence-electron chi connectivity index (χ2n) is 6.57. The molecule has 148 valence electrons. The standard InChI is InChI=1S/C21H19N3O4S/c1-24-18(22-16-6-4-3-5-15(16)20(24)25)12-28-14-9-7-13(8-10-14)11-17-19(27-2)23-21(26)29-17/h3-10,17H,11-12H2,1-2H3. The number of methoxy groups -OCH3 is 1. The molecular weight excluding hydrogens is 390 g/mol. The zero-order chi connectivity index (χ0) is 20.4. The first kappa shape index (κ1) is 19.2. The molecule has 2 aromatic carbocycles. The van der Waals surface area contributed by atoms with E-state index in [-0.39, 0.29) is 22.7 Å². The van der Waals surface area contributed by atoms with Crippen molar-refractivity contribution in [3.05, 3.63) is 70.3 Å². The quantitative estimate of drug-likeness (QED) is 0.643. The molecule has 0 aliphatic carbocycles. The maximum atomic E-state index is 12.5. The number of carbonyl (C=O) groups is 1. The summed E-state index contributed by atoms with van der Waals surface area (Å²) in [5.74, 6) is 1.69. The van der Waals surface area contributed by atoms with E-state index in [2.05, 4.69) is 9.98 Å². The molecule has 1 atom stereocenters. The number of fused-ring (bicyclic) bond motifs is 1. The van der Waals surface area contributed by atoms with Gasteiger partial charge in [0.2, 0.25) is 5.90 Å². The minimum Gasteiger partial charge on any atom is -0.486 e. The Hall–Kier alpha value is -3.13. The third kappa shape index (κ3) is 4.02. The number of carbonyl (C=O) groups excluding carboxylic acids is 1. The first-order valence-corrected chi connectivity index (χ1v) is 9.92. The number of para-hydroxylation sites is 1. The van der Waals surface area contributed by atoms with Gasteiger partial charge in [0.25, 0.3) is 5.56 Å². The van der Waals surface area contributed by atoms with E-state index >= 15 is 0 Å². The topological polar surface area (TPSA) is 82.8 Å². The van der Waals surface area contributed by atoms with Gasteiger partial charge in [-0.3, -0.25) is 14.2 Å². The van der Waals surface area contributed by atoms with Crippen molar-refractivity contribution in [2.75, 3.05) is 7.11 Å². The Morgan fingerprint density at radius 1 is 1.10 bits per heavy atom. The van der Waals surface area contributed by atoms with Crippen LogP contribution < -0.4 is 10.3 Å². The molecule has 1 aliphatic rings. The number of rotatable bonds is 5. The number of aliphatic imine (C=N–C) groups is 1. The molecule has 2 heterocycles. The molecule has 8 heteroatoms. The van der Waals surface area contributed by atoms with Gasteiger partial charge in [-0.15, -0.1) is 0 Å². The number of hydrogen-bond acceptors (Lipinski definition) is 6. The van der Waals surface area contributed by atoms with Gasteiger partial charge in [0.1, 0.15) is 18.2 Å². The summed E-state index contributed by atoms with van der Waals surface area (Å²) in [7, 11) is 3.22. The molecule has 1 aliphatic heterocycles. The Kier molecular flexibility index (Phi) is 5.35. The maximum Gasteiger partial charge on any atom is 0.308 e. The van der Waals surface area contributed by atoms with E-state index in [0.717, 1.165) is 5.56 Å². The average molecular weight is 409 g/mol. The number of aromatic nitrogens is 2. The number of amides is 1. The SMILES string of the molecule is COC1=NC(=O)SC1Cc1ccc(OCc2nc3ccccc3c(=O)n2C)cc1. The van der Waals surface area contributed by atoms with E-state index in [1.165, 1.54) is 23.4 Å². The van der Waals surface area contributed by atoms with Crippen LogP contribution in [0.25, 0.3) is 10.9 Å². The molecule has 3 aromatic rings. The lowest BCUT2D eigenvalue weighted by molar-refractivity contribution is 0.267. The van der Waals surface area contributed by atoms with E-state index in [1.807, 2.05) is 42.5 Å². The molecule has 1 aromatic heterocycles. The number of benzene rings is 2. The predicted octanol–water partition coefficient (Wildman–Crippen LogP) is 3.34. The molecule has 7 nitrogen and oxygen atoms in total. The highest BCUT2D eigenvalue weighted by molar-refractivity contribution is 8.15. The van der Waals surface area contributed by atoms with Gasteiger partial charge in [-0.1, -0.05) is 24.3 Å². The summed E-state index contributed by atoms with van der Waals surface area (Å²) in [5, 5.41) is 0.265. The highest BCUT2D eigenvalue weighted by atomic mass is 32.2. The smallest absolute Gasteiger partial charge is 0.308 e. The molecule has 0 radical (unpaired) electrons. The average Bonchev–Trinajstić information content (AvgIpc) is 3.10. The fraction of sp³-hybridized carbons (Fsp3) is 0.238. The monoisotopic (exact) mass is 409 g/mol. The van der Waals surface area contributed by atoms with Crippen LogP contribution in [0.5, 0.6) is 5.75 Å². The Labute approximate surface area is 171 Å². The number of hydrogen-bond donors (Lipinski definition) is 0. The molecule has 1 amide bonds. The van der Waals surface area contributed by atoms with Crippen molar-refractivity contribution >= 4 is 33.8 Å². The van der Waals surface area contributed by atoms with Crippen LogP contribution >= 0.6 is 11.8 Å². The fourth-order valence-corrected chi connectivity index (χ4v) is 4.05. The van der Waals surface area contributed by atoms with E-state index in [9.17, 15) is 9.59 Å². The van der Waals surface area contributed by atoms with Crippen molar-refractivity contribution in [3.63, 3.8) is 0 Å². The minimum atomic E-state index is -0.222. The second-order valence-corrected chi connectivity index (χ2v) is 7.73. The lowest BCUT2D eigenvalue weighted by Gasteiger charge is -2.12. The lowest BCUT2D eigenvalue weighted by atomic mass is 10.1. The Morgan fingerprint density at radius 2 is 1.86 bits per heavy atom. The molecule has 0 saturated carbocycles. The van der Waals surface area contributed by atoms with Crippen LogP contribution in [-0.2, 0) is 24.8 Å². The van der Waals surface area contributed by atoms with Gasteiger partial charge in [-0.25, -0.2) is 4.98 Å². The van der Waals surface area contributed by atoms with Crippen molar-refractivity contribution in [2.24, 2.45) is 12.0 Å². The largest absolute Gasteiger partial charge is 0.486 e. The summed E-state index contributed by atoms with van der Waals surface area (Å²) in [6.07, 6.45) is 0.643. The van der Waals surface area contributed by atoms with Gasteiger partial charge in [0.15, 0.2) is 0 Å². The van der Waals surface area contributed by atoms with E-state index in [1.54, 1.807) is 13.1 Å². The Morgan fingerprint density at radius 3 is 2.62 bits per heavy atom.